The predicted molar refractivity (Wildman–Crippen MR) is 77.9 cm³/mol. The first-order chi connectivity index (χ1) is 9.43. The Labute approximate surface area is 120 Å². The number of hydrogen-bond donors (Lipinski definition) is 3. The number of amides is 2. The fourth-order valence-corrected chi connectivity index (χ4v) is 2.27. The summed E-state index contributed by atoms with van der Waals surface area (Å²) >= 11 is 1.68. The highest BCUT2D eigenvalue weighted by atomic mass is 32.2. The van der Waals surface area contributed by atoms with Crippen molar-refractivity contribution in [3.63, 3.8) is 0 Å². The van der Waals surface area contributed by atoms with Gasteiger partial charge >= 0.3 is 12.0 Å². The number of aromatic carboxylic acids is 1. The molecular formula is C13H17FN2O3S. The van der Waals surface area contributed by atoms with Crippen LogP contribution in [0.4, 0.5) is 14.9 Å². The second-order valence-electron chi connectivity index (χ2n) is 4.39. The van der Waals surface area contributed by atoms with Gasteiger partial charge in [-0.05, 0) is 36.1 Å². The van der Waals surface area contributed by atoms with Crippen molar-refractivity contribution in [3.8, 4) is 0 Å². The van der Waals surface area contributed by atoms with Crippen LogP contribution in [-0.2, 0) is 0 Å². The highest BCUT2D eigenvalue weighted by Gasteiger charge is 2.13. The van der Waals surface area contributed by atoms with Crippen LogP contribution in [-0.4, -0.2) is 35.7 Å². The van der Waals surface area contributed by atoms with Crippen molar-refractivity contribution in [2.45, 2.75) is 6.92 Å². The minimum absolute atomic E-state index is 0.0638. The molecule has 0 spiro atoms. The lowest BCUT2D eigenvalue weighted by Crippen LogP contribution is -2.33. The number of nitrogens with one attached hydrogen (secondary N) is 2. The molecule has 0 aliphatic rings. The number of anilines is 1. The molecule has 0 saturated carbocycles. The van der Waals surface area contributed by atoms with Crippen LogP contribution >= 0.6 is 11.8 Å². The van der Waals surface area contributed by atoms with Gasteiger partial charge in [0.15, 0.2) is 0 Å². The Morgan fingerprint density at radius 1 is 1.45 bits per heavy atom. The van der Waals surface area contributed by atoms with E-state index in [1.165, 1.54) is 6.07 Å². The molecule has 1 aromatic rings. The van der Waals surface area contributed by atoms with E-state index in [9.17, 15) is 14.0 Å². The highest BCUT2D eigenvalue weighted by Crippen LogP contribution is 2.17. The molecular weight excluding hydrogens is 283 g/mol. The maximum Gasteiger partial charge on any atom is 0.337 e. The van der Waals surface area contributed by atoms with Crippen LogP contribution in [0.2, 0.25) is 0 Å². The Morgan fingerprint density at radius 2 is 2.15 bits per heavy atom. The van der Waals surface area contributed by atoms with E-state index in [0.29, 0.717) is 12.5 Å². The van der Waals surface area contributed by atoms with E-state index in [1.54, 1.807) is 11.8 Å². The van der Waals surface area contributed by atoms with Crippen molar-refractivity contribution >= 4 is 29.4 Å². The monoisotopic (exact) mass is 300 g/mol. The number of benzene rings is 1. The SMILES string of the molecule is CSCC(C)CNC(=O)Nc1ccc(F)cc1C(=O)O. The molecule has 0 fully saturated rings. The van der Waals surface area contributed by atoms with Crippen LogP contribution in [0.15, 0.2) is 18.2 Å². The van der Waals surface area contributed by atoms with Gasteiger partial charge in [0.2, 0.25) is 0 Å². The fourth-order valence-electron chi connectivity index (χ4n) is 1.58. The Balaban J connectivity index is 2.64. The van der Waals surface area contributed by atoms with E-state index >= 15 is 0 Å². The maximum atomic E-state index is 13.0. The molecule has 1 atom stereocenters. The molecule has 5 nitrogen and oxygen atoms in total. The summed E-state index contributed by atoms with van der Waals surface area (Å²) in [7, 11) is 0. The van der Waals surface area contributed by atoms with E-state index in [0.717, 1.165) is 17.9 Å². The Morgan fingerprint density at radius 3 is 2.75 bits per heavy atom. The Kier molecular flexibility index (Phi) is 6.30. The zero-order valence-corrected chi connectivity index (χ0v) is 12.1. The lowest BCUT2D eigenvalue weighted by Gasteiger charge is -2.13. The molecule has 1 rings (SSSR count). The normalized spacial score (nSPS) is 11.8. The third-order valence-electron chi connectivity index (χ3n) is 2.52. The third-order valence-corrected chi connectivity index (χ3v) is 3.42. The number of rotatable bonds is 6. The zero-order valence-electron chi connectivity index (χ0n) is 11.3. The number of urea groups is 1. The Bertz CT molecular complexity index is 497. The molecule has 0 aliphatic heterocycles. The molecule has 1 unspecified atom stereocenters. The summed E-state index contributed by atoms with van der Waals surface area (Å²) in [5.74, 6) is -0.739. The summed E-state index contributed by atoms with van der Waals surface area (Å²) in [5.41, 5.74) is -0.216. The molecule has 20 heavy (non-hydrogen) atoms. The zero-order chi connectivity index (χ0) is 15.1. The molecule has 0 aromatic heterocycles. The summed E-state index contributed by atoms with van der Waals surface area (Å²) in [6, 6.07) is 2.68. The van der Waals surface area contributed by atoms with E-state index < -0.39 is 17.8 Å². The smallest absolute Gasteiger partial charge is 0.337 e. The molecule has 0 bridgehead atoms. The third kappa shape index (κ3) is 5.08. The second kappa shape index (κ2) is 7.74. The van der Waals surface area contributed by atoms with Crippen LogP contribution in [0.3, 0.4) is 0 Å². The molecule has 1 aromatic carbocycles. The number of carbonyl (C=O) groups excluding carboxylic acids is 1. The molecule has 7 heteroatoms. The first kappa shape index (κ1) is 16.3. The van der Waals surface area contributed by atoms with Crippen molar-refractivity contribution < 1.29 is 19.1 Å². The fraction of sp³-hybridized carbons (Fsp3) is 0.385. The number of carboxylic acids is 1. The van der Waals surface area contributed by atoms with Gasteiger partial charge in [0.25, 0.3) is 0 Å². The predicted octanol–water partition coefficient (Wildman–Crippen LogP) is 2.64. The average Bonchev–Trinajstić information content (AvgIpc) is 2.38. The van der Waals surface area contributed by atoms with Crippen LogP contribution < -0.4 is 10.6 Å². The largest absolute Gasteiger partial charge is 0.478 e. The molecule has 0 saturated heterocycles. The van der Waals surface area contributed by atoms with Gasteiger partial charge in [0.05, 0.1) is 11.3 Å². The van der Waals surface area contributed by atoms with Crippen LogP contribution in [0.25, 0.3) is 0 Å². The van der Waals surface area contributed by atoms with E-state index in [1.807, 2.05) is 13.2 Å². The van der Waals surface area contributed by atoms with Gasteiger partial charge in [0.1, 0.15) is 5.82 Å². The molecule has 0 aliphatic carbocycles. The topological polar surface area (TPSA) is 78.4 Å². The summed E-state index contributed by atoms with van der Waals surface area (Å²) in [6.07, 6.45) is 1.98. The summed E-state index contributed by atoms with van der Waals surface area (Å²) in [4.78, 5) is 22.6. The number of thioether (sulfide) groups is 1. The van der Waals surface area contributed by atoms with Gasteiger partial charge < -0.3 is 15.7 Å². The number of carboxylic acid groups (broad SMARTS) is 1. The van der Waals surface area contributed by atoms with Gasteiger partial charge in [-0.1, -0.05) is 6.92 Å². The first-order valence-corrected chi connectivity index (χ1v) is 7.40. The van der Waals surface area contributed by atoms with Gasteiger partial charge in [-0.25, -0.2) is 14.0 Å². The minimum atomic E-state index is -1.30. The van der Waals surface area contributed by atoms with Gasteiger partial charge in [0, 0.05) is 6.54 Å². The molecule has 110 valence electrons. The van der Waals surface area contributed by atoms with E-state index in [2.05, 4.69) is 10.6 Å². The minimum Gasteiger partial charge on any atom is -0.478 e. The number of halogens is 1. The molecule has 2 amide bonds. The number of carbonyl (C=O) groups is 2. The average molecular weight is 300 g/mol. The van der Waals surface area contributed by atoms with Crippen molar-refractivity contribution in [2.24, 2.45) is 5.92 Å². The quantitative estimate of drug-likeness (QED) is 0.754. The van der Waals surface area contributed by atoms with Gasteiger partial charge in [-0.15, -0.1) is 0 Å². The van der Waals surface area contributed by atoms with Crippen LogP contribution in [0.1, 0.15) is 17.3 Å². The van der Waals surface area contributed by atoms with Gasteiger partial charge in [-0.3, -0.25) is 0 Å². The lowest BCUT2D eigenvalue weighted by atomic mass is 10.1. The van der Waals surface area contributed by atoms with Crippen molar-refractivity contribution in [1.82, 2.24) is 5.32 Å². The standard InChI is InChI=1S/C13H17FN2O3S/c1-8(7-20-2)6-15-13(19)16-11-4-3-9(14)5-10(11)12(17)18/h3-5,8H,6-7H2,1-2H3,(H,17,18)(H2,15,16,19). The summed E-state index contributed by atoms with van der Waals surface area (Å²) in [6.45, 7) is 2.48. The van der Waals surface area contributed by atoms with Crippen LogP contribution in [0.5, 0.6) is 0 Å². The van der Waals surface area contributed by atoms with Crippen molar-refractivity contribution in [2.75, 3.05) is 23.9 Å². The van der Waals surface area contributed by atoms with Gasteiger partial charge in [-0.2, -0.15) is 11.8 Å². The maximum absolute atomic E-state index is 13.0. The van der Waals surface area contributed by atoms with Crippen molar-refractivity contribution in [3.05, 3.63) is 29.6 Å². The van der Waals surface area contributed by atoms with Crippen molar-refractivity contribution in [1.29, 1.82) is 0 Å². The number of hydrogen-bond acceptors (Lipinski definition) is 3. The van der Waals surface area contributed by atoms with E-state index in [4.69, 9.17) is 5.11 Å². The lowest BCUT2D eigenvalue weighted by molar-refractivity contribution is 0.0697. The Hall–Kier alpha value is -1.76. The summed E-state index contributed by atoms with van der Waals surface area (Å²) in [5, 5.41) is 14.0. The highest BCUT2D eigenvalue weighted by molar-refractivity contribution is 7.98. The molecule has 0 radical (unpaired) electrons. The summed E-state index contributed by atoms with van der Waals surface area (Å²) < 4.78 is 13.0. The second-order valence-corrected chi connectivity index (χ2v) is 5.30. The molecule has 0 heterocycles. The van der Waals surface area contributed by atoms with Crippen LogP contribution in [0, 0.1) is 11.7 Å². The first-order valence-electron chi connectivity index (χ1n) is 6.00. The molecule has 3 N–H and O–H groups in total. The van der Waals surface area contributed by atoms with E-state index in [-0.39, 0.29) is 11.3 Å².